The zero-order valence-corrected chi connectivity index (χ0v) is 14.3. The van der Waals surface area contributed by atoms with Crippen molar-refractivity contribution in [2.24, 2.45) is 0 Å². The number of carbonyl (C=O) groups is 1. The number of rotatable bonds is 7. The van der Waals surface area contributed by atoms with E-state index < -0.39 is 0 Å². The molecule has 0 unspecified atom stereocenters. The molecule has 0 bridgehead atoms. The molecule has 2 N–H and O–H groups in total. The summed E-state index contributed by atoms with van der Waals surface area (Å²) in [7, 11) is 1.59. The summed E-state index contributed by atoms with van der Waals surface area (Å²) in [5, 5.41) is 14.9. The molecule has 0 spiro atoms. The fourth-order valence-electron chi connectivity index (χ4n) is 1.60. The summed E-state index contributed by atoms with van der Waals surface area (Å²) in [6.07, 6.45) is 0. The topological polar surface area (TPSA) is 76.1 Å². The number of carbonyl (C=O) groups excluding carboxylic acids is 1. The Kier molecular flexibility index (Phi) is 6.02. The molecule has 0 saturated carbocycles. The van der Waals surface area contributed by atoms with Gasteiger partial charge in [0, 0.05) is 17.8 Å². The number of amides is 1. The number of aromatic nitrogens is 2. The third-order valence-electron chi connectivity index (χ3n) is 2.50. The van der Waals surface area contributed by atoms with Gasteiger partial charge in [-0.2, -0.15) is 0 Å². The van der Waals surface area contributed by atoms with E-state index in [0.717, 1.165) is 9.47 Å². The molecular weight excluding hydrogens is 320 g/mol. The standard InChI is InChI=1S/C14H18N4O2S2/c1-9(2)15-13-17-18-14(22-13)21-8-12(19)16-10-5-4-6-11(7-10)20-3/h4-7,9H,8H2,1-3H3,(H,15,17)(H,16,19). The third-order valence-corrected chi connectivity index (χ3v) is 4.49. The Hall–Kier alpha value is -1.80. The van der Waals surface area contributed by atoms with Crippen molar-refractivity contribution >= 4 is 39.8 Å². The van der Waals surface area contributed by atoms with Crippen molar-refractivity contribution in [3.8, 4) is 5.75 Å². The van der Waals surface area contributed by atoms with Crippen LogP contribution in [0.4, 0.5) is 10.8 Å². The minimum atomic E-state index is -0.0909. The molecule has 6 nitrogen and oxygen atoms in total. The van der Waals surface area contributed by atoms with Crippen molar-refractivity contribution < 1.29 is 9.53 Å². The largest absolute Gasteiger partial charge is 0.497 e. The zero-order valence-electron chi connectivity index (χ0n) is 12.6. The van der Waals surface area contributed by atoms with Crippen LogP contribution in [-0.2, 0) is 4.79 Å². The molecule has 1 heterocycles. The first-order chi connectivity index (χ1) is 10.6. The number of thioether (sulfide) groups is 1. The molecule has 0 radical (unpaired) electrons. The molecule has 1 aromatic heterocycles. The molecular formula is C14H18N4O2S2. The number of hydrogen-bond acceptors (Lipinski definition) is 7. The Bertz CT molecular complexity index is 631. The summed E-state index contributed by atoms with van der Waals surface area (Å²) in [5.74, 6) is 0.902. The molecule has 0 atom stereocenters. The fraction of sp³-hybridized carbons (Fsp3) is 0.357. The Balaban J connectivity index is 1.83. The van der Waals surface area contributed by atoms with Crippen LogP contribution in [0.5, 0.6) is 5.75 Å². The quantitative estimate of drug-likeness (QED) is 0.756. The Morgan fingerprint density at radius 1 is 1.41 bits per heavy atom. The van der Waals surface area contributed by atoms with E-state index in [-0.39, 0.29) is 11.7 Å². The molecule has 0 saturated heterocycles. The van der Waals surface area contributed by atoms with Crippen LogP contribution in [0.25, 0.3) is 0 Å². The summed E-state index contributed by atoms with van der Waals surface area (Å²) in [6, 6.07) is 7.56. The zero-order chi connectivity index (χ0) is 15.9. The molecule has 8 heteroatoms. The third kappa shape index (κ3) is 5.19. The minimum Gasteiger partial charge on any atom is -0.497 e. The number of anilines is 2. The van der Waals surface area contributed by atoms with E-state index in [9.17, 15) is 4.79 Å². The lowest BCUT2D eigenvalue weighted by atomic mass is 10.3. The SMILES string of the molecule is COc1cccc(NC(=O)CSc2nnc(NC(C)C)s2)c1. The van der Waals surface area contributed by atoms with Crippen LogP contribution < -0.4 is 15.4 Å². The van der Waals surface area contributed by atoms with E-state index in [1.54, 1.807) is 13.2 Å². The molecule has 0 aliphatic carbocycles. The molecule has 1 amide bonds. The number of hydrogen-bond donors (Lipinski definition) is 2. The molecule has 2 rings (SSSR count). The second kappa shape index (κ2) is 8.00. The summed E-state index contributed by atoms with van der Waals surface area (Å²) in [4.78, 5) is 11.9. The molecule has 1 aromatic carbocycles. The van der Waals surface area contributed by atoms with E-state index in [0.29, 0.717) is 17.5 Å². The number of methoxy groups -OCH3 is 1. The van der Waals surface area contributed by atoms with Gasteiger partial charge < -0.3 is 15.4 Å². The molecule has 0 aliphatic heterocycles. The number of nitrogens with zero attached hydrogens (tertiary/aromatic N) is 2. The van der Waals surface area contributed by atoms with E-state index in [4.69, 9.17) is 4.74 Å². The summed E-state index contributed by atoms with van der Waals surface area (Å²) < 4.78 is 5.89. The average molecular weight is 338 g/mol. The van der Waals surface area contributed by atoms with Crippen molar-refractivity contribution in [1.82, 2.24) is 10.2 Å². The van der Waals surface area contributed by atoms with E-state index in [1.165, 1.54) is 23.1 Å². The van der Waals surface area contributed by atoms with E-state index in [1.807, 2.05) is 32.0 Å². The van der Waals surface area contributed by atoms with Gasteiger partial charge in [-0.3, -0.25) is 4.79 Å². The van der Waals surface area contributed by atoms with Crippen LogP contribution in [0.15, 0.2) is 28.6 Å². The van der Waals surface area contributed by atoms with Gasteiger partial charge in [-0.1, -0.05) is 29.2 Å². The van der Waals surface area contributed by atoms with Crippen LogP contribution in [0, 0.1) is 0 Å². The van der Waals surface area contributed by atoms with Gasteiger partial charge in [0.05, 0.1) is 12.9 Å². The van der Waals surface area contributed by atoms with Gasteiger partial charge in [0.15, 0.2) is 4.34 Å². The summed E-state index contributed by atoms with van der Waals surface area (Å²) in [5.41, 5.74) is 0.712. The first-order valence-corrected chi connectivity index (χ1v) is 8.54. The van der Waals surface area contributed by atoms with Gasteiger partial charge in [-0.25, -0.2) is 0 Å². The highest BCUT2D eigenvalue weighted by atomic mass is 32.2. The fourth-order valence-corrected chi connectivity index (χ4v) is 3.30. The van der Waals surface area contributed by atoms with Crippen molar-refractivity contribution in [3.05, 3.63) is 24.3 Å². The van der Waals surface area contributed by atoms with Crippen LogP contribution in [0.1, 0.15) is 13.8 Å². The highest BCUT2D eigenvalue weighted by Gasteiger charge is 2.09. The first kappa shape index (κ1) is 16.6. The summed E-state index contributed by atoms with van der Waals surface area (Å²) in [6.45, 7) is 4.07. The van der Waals surface area contributed by atoms with Crippen molar-refractivity contribution in [3.63, 3.8) is 0 Å². The highest BCUT2D eigenvalue weighted by molar-refractivity contribution is 8.01. The van der Waals surface area contributed by atoms with Gasteiger partial charge in [0.1, 0.15) is 5.75 Å². The van der Waals surface area contributed by atoms with Crippen LogP contribution in [0.3, 0.4) is 0 Å². The molecule has 118 valence electrons. The van der Waals surface area contributed by atoms with Crippen LogP contribution in [-0.4, -0.2) is 35.0 Å². The molecule has 0 aliphatic rings. The smallest absolute Gasteiger partial charge is 0.234 e. The minimum absolute atomic E-state index is 0.0909. The Labute approximate surface area is 137 Å². The number of ether oxygens (including phenoxy) is 1. The van der Waals surface area contributed by atoms with Gasteiger partial charge in [-0.15, -0.1) is 10.2 Å². The van der Waals surface area contributed by atoms with Gasteiger partial charge in [-0.05, 0) is 26.0 Å². The lowest BCUT2D eigenvalue weighted by Crippen LogP contribution is -2.13. The second-order valence-corrected chi connectivity index (χ2v) is 6.94. The molecule has 0 fully saturated rings. The van der Waals surface area contributed by atoms with Crippen LogP contribution >= 0.6 is 23.1 Å². The maximum Gasteiger partial charge on any atom is 0.234 e. The monoisotopic (exact) mass is 338 g/mol. The maximum absolute atomic E-state index is 11.9. The summed E-state index contributed by atoms with van der Waals surface area (Å²) >= 11 is 2.81. The number of nitrogens with one attached hydrogen (secondary N) is 2. The van der Waals surface area contributed by atoms with Crippen molar-refractivity contribution in [2.75, 3.05) is 23.5 Å². The molecule has 22 heavy (non-hydrogen) atoms. The second-order valence-electron chi connectivity index (χ2n) is 4.74. The number of benzene rings is 1. The first-order valence-electron chi connectivity index (χ1n) is 6.73. The van der Waals surface area contributed by atoms with Gasteiger partial charge in [0.25, 0.3) is 0 Å². The van der Waals surface area contributed by atoms with Crippen molar-refractivity contribution in [2.45, 2.75) is 24.2 Å². The normalized spacial score (nSPS) is 10.5. The average Bonchev–Trinajstić information content (AvgIpc) is 2.92. The van der Waals surface area contributed by atoms with Crippen molar-refractivity contribution in [1.29, 1.82) is 0 Å². The van der Waals surface area contributed by atoms with Crippen LogP contribution in [0.2, 0.25) is 0 Å². The predicted molar refractivity (Wildman–Crippen MR) is 91.0 cm³/mol. The Morgan fingerprint density at radius 2 is 2.23 bits per heavy atom. The lowest BCUT2D eigenvalue weighted by molar-refractivity contribution is -0.113. The maximum atomic E-state index is 11.9. The van der Waals surface area contributed by atoms with E-state index in [2.05, 4.69) is 20.8 Å². The Morgan fingerprint density at radius 3 is 2.95 bits per heavy atom. The highest BCUT2D eigenvalue weighted by Crippen LogP contribution is 2.26. The molecule has 2 aromatic rings. The van der Waals surface area contributed by atoms with E-state index >= 15 is 0 Å². The predicted octanol–water partition coefficient (Wildman–Crippen LogP) is 3.10. The lowest BCUT2D eigenvalue weighted by Gasteiger charge is -2.06. The van der Waals surface area contributed by atoms with Gasteiger partial charge >= 0.3 is 0 Å². The van der Waals surface area contributed by atoms with Gasteiger partial charge in [0.2, 0.25) is 11.0 Å².